The van der Waals surface area contributed by atoms with Crippen molar-refractivity contribution in [2.45, 2.75) is 38.0 Å². The maximum absolute atomic E-state index is 11.6. The zero-order chi connectivity index (χ0) is 18.9. The van der Waals surface area contributed by atoms with Crippen LogP contribution in [-0.2, 0) is 0 Å². The number of hydrogen-bond donors (Lipinski definition) is 2. The second kappa shape index (κ2) is 7.74. The zero-order valence-corrected chi connectivity index (χ0v) is 16.6. The van der Waals surface area contributed by atoms with Crippen LogP contribution in [0.2, 0.25) is 10.0 Å². The molecule has 0 spiro atoms. The number of nitrogens with one attached hydrogen (secondary N) is 1. The lowest BCUT2D eigenvalue weighted by atomic mass is 9.65. The summed E-state index contributed by atoms with van der Waals surface area (Å²) in [4.78, 5) is 0. The largest absolute Gasteiger partial charge is 0.389 e. The molecule has 0 radical (unpaired) electrons. The van der Waals surface area contributed by atoms with Crippen molar-refractivity contribution in [3.05, 3.63) is 82.4 Å². The Labute approximate surface area is 165 Å². The number of piperidine rings is 1. The van der Waals surface area contributed by atoms with Gasteiger partial charge in [-0.25, -0.2) is 0 Å². The highest BCUT2D eigenvalue weighted by atomic mass is 35.5. The van der Waals surface area contributed by atoms with Crippen LogP contribution in [0.5, 0.6) is 0 Å². The lowest BCUT2D eigenvalue weighted by Crippen LogP contribution is -2.57. The van der Waals surface area contributed by atoms with Gasteiger partial charge in [-0.2, -0.15) is 0 Å². The lowest BCUT2D eigenvalue weighted by Gasteiger charge is -2.52. The maximum Gasteiger partial charge on any atom is 0.0768 e. The highest BCUT2D eigenvalue weighted by molar-refractivity contribution is 6.30. The minimum atomic E-state index is -0.860. The van der Waals surface area contributed by atoms with Crippen LogP contribution in [0.1, 0.15) is 43.5 Å². The van der Waals surface area contributed by atoms with E-state index in [0.29, 0.717) is 16.5 Å². The predicted molar refractivity (Wildman–Crippen MR) is 110 cm³/mol. The third-order valence-corrected chi connectivity index (χ3v) is 6.37. The molecule has 1 aliphatic rings. The standard InChI is InChI=1S/C22H25Cl2NO/c1-4-13-22(26)14(2)20(16-5-9-18(23)10-6-16)25-21(15(22)3)17-7-11-19(24)12-8-17/h4-12,14-15,20-21,25-26H,1,13H2,2-3H3/t14-,15-,20-,21-/m1/s1. The molecule has 1 saturated heterocycles. The molecule has 0 unspecified atom stereocenters. The Morgan fingerprint density at radius 2 is 1.31 bits per heavy atom. The number of halogens is 2. The quantitative estimate of drug-likeness (QED) is 0.632. The number of hydrogen-bond acceptors (Lipinski definition) is 2. The van der Waals surface area contributed by atoms with Crippen molar-refractivity contribution < 1.29 is 5.11 Å². The van der Waals surface area contributed by atoms with Crippen molar-refractivity contribution in [3.8, 4) is 0 Å². The fraction of sp³-hybridized carbons (Fsp3) is 0.364. The molecule has 2 N–H and O–H groups in total. The molecule has 4 atom stereocenters. The van der Waals surface area contributed by atoms with E-state index < -0.39 is 5.60 Å². The summed E-state index contributed by atoms with van der Waals surface area (Å²) in [5.41, 5.74) is 1.38. The summed E-state index contributed by atoms with van der Waals surface area (Å²) in [6, 6.07) is 15.7. The van der Waals surface area contributed by atoms with Crippen molar-refractivity contribution in [1.82, 2.24) is 5.32 Å². The lowest BCUT2D eigenvalue weighted by molar-refractivity contribution is -0.108. The first kappa shape index (κ1) is 19.4. The number of aliphatic hydroxyl groups is 1. The van der Waals surface area contributed by atoms with Gasteiger partial charge in [0.25, 0.3) is 0 Å². The van der Waals surface area contributed by atoms with E-state index in [0.717, 1.165) is 11.1 Å². The van der Waals surface area contributed by atoms with E-state index in [1.807, 2.05) is 54.6 Å². The highest BCUT2D eigenvalue weighted by Crippen LogP contribution is 2.48. The molecule has 0 amide bonds. The van der Waals surface area contributed by atoms with Gasteiger partial charge in [-0.05, 0) is 41.8 Å². The van der Waals surface area contributed by atoms with E-state index in [1.54, 1.807) is 0 Å². The van der Waals surface area contributed by atoms with Gasteiger partial charge in [-0.1, -0.05) is 67.4 Å². The Bertz CT molecular complexity index is 699. The van der Waals surface area contributed by atoms with E-state index >= 15 is 0 Å². The topological polar surface area (TPSA) is 32.3 Å². The molecule has 4 heteroatoms. The van der Waals surface area contributed by atoms with E-state index in [4.69, 9.17) is 23.2 Å². The summed E-state index contributed by atoms with van der Waals surface area (Å²) in [6.45, 7) is 8.08. The first-order valence-electron chi connectivity index (χ1n) is 8.97. The molecule has 1 aliphatic heterocycles. The van der Waals surface area contributed by atoms with Gasteiger partial charge in [0.1, 0.15) is 0 Å². The number of rotatable bonds is 4. The summed E-state index contributed by atoms with van der Waals surface area (Å²) >= 11 is 12.1. The average Bonchev–Trinajstić information content (AvgIpc) is 2.63. The van der Waals surface area contributed by atoms with Crippen molar-refractivity contribution in [2.75, 3.05) is 0 Å². The van der Waals surface area contributed by atoms with Crippen LogP contribution in [-0.4, -0.2) is 10.7 Å². The van der Waals surface area contributed by atoms with Crippen LogP contribution in [0.25, 0.3) is 0 Å². The van der Waals surface area contributed by atoms with E-state index in [9.17, 15) is 5.11 Å². The third kappa shape index (κ3) is 3.57. The molecule has 0 bridgehead atoms. The Hall–Kier alpha value is -1.32. The van der Waals surface area contributed by atoms with Gasteiger partial charge in [0.15, 0.2) is 0 Å². The van der Waals surface area contributed by atoms with Gasteiger partial charge in [0, 0.05) is 34.0 Å². The molecule has 0 saturated carbocycles. The summed E-state index contributed by atoms with van der Waals surface area (Å²) in [6.07, 6.45) is 2.36. The smallest absolute Gasteiger partial charge is 0.0768 e. The molecule has 0 aromatic heterocycles. The van der Waals surface area contributed by atoms with E-state index in [-0.39, 0.29) is 23.9 Å². The molecule has 0 aliphatic carbocycles. The molecule has 3 rings (SSSR count). The van der Waals surface area contributed by atoms with Gasteiger partial charge in [-0.3, -0.25) is 0 Å². The molecule has 2 aromatic carbocycles. The van der Waals surface area contributed by atoms with Gasteiger partial charge >= 0.3 is 0 Å². The third-order valence-electron chi connectivity index (χ3n) is 5.87. The summed E-state index contributed by atoms with van der Waals surface area (Å²) in [7, 11) is 0. The SMILES string of the molecule is C=CCC1(O)[C@H](C)[C@H](c2ccc(Cl)cc2)N[C@@H](c2ccc(Cl)cc2)[C@H]1C. The van der Waals surface area contributed by atoms with Crippen molar-refractivity contribution in [2.24, 2.45) is 11.8 Å². The van der Waals surface area contributed by atoms with Crippen LogP contribution in [0.4, 0.5) is 0 Å². The minimum absolute atomic E-state index is 0.00842. The molecular formula is C22H25Cl2NO. The Morgan fingerprint density at radius 3 is 1.65 bits per heavy atom. The summed E-state index contributed by atoms with van der Waals surface area (Å²) < 4.78 is 0. The molecule has 1 heterocycles. The summed E-state index contributed by atoms with van der Waals surface area (Å²) in [5, 5.41) is 16.8. The number of benzene rings is 2. The van der Waals surface area contributed by atoms with Crippen LogP contribution in [0.15, 0.2) is 61.2 Å². The molecular weight excluding hydrogens is 365 g/mol. The molecule has 26 heavy (non-hydrogen) atoms. The molecule has 2 nitrogen and oxygen atoms in total. The minimum Gasteiger partial charge on any atom is -0.389 e. The average molecular weight is 390 g/mol. The van der Waals surface area contributed by atoms with E-state index in [2.05, 4.69) is 25.7 Å². The van der Waals surface area contributed by atoms with Gasteiger partial charge in [0.2, 0.25) is 0 Å². The van der Waals surface area contributed by atoms with Crippen molar-refractivity contribution in [1.29, 1.82) is 0 Å². The van der Waals surface area contributed by atoms with Gasteiger partial charge < -0.3 is 10.4 Å². The normalized spacial score (nSPS) is 31.6. The van der Waals surface area contributed by atoms with E-state index in [1.165, 1.54) is 0 Å². The first-order valence-corrected chi connectivity index (χ1v) is 9.72. The van der Waals surface area contributed by atoms with Crippen LogP contribution >= 0.6 is 23.2 Å². The highest BCUT2D eigenvalue weighted by Gasteiger charge is 2.50. The Morgan fingerprint density at radius 1 is 0.923 bits per heavy atom. The van der Waals surface area contributed by atoms with Crippen LogP contribution in [0, 0.1) is 11.8 Å². The second-order valence-corrected chi connectivity index (χ2v) is 8.16. The predicted octanol–water partition coefficient (Wildman–Crippen LogP) is 5.96. The Balaban J connectivity index is 2.03. The van der Waals surface area contributed by atoms with Crippen molar-refractivity contribution in [3.63, 3.8) is 0 Å². The van der Waals surface area contributed by atoms with Gasteiger partial charge in [0.05, 0.1) is 5.60 Å². The molecule has 1 fully saturated rings. The second-order valence-electron chi connectivity index (χ2n) is 7.29. The summed E-state index contributed by atoms with van der Waals surface area (Å²) in [5.74, 6) is 0.0282. The Kier molecular flexibility index (Phi) is 5.78. The monoisotopic (exact) mass is 389 g/mol. The fourth-order valence-electron chi connectivity index (χ4n) is 4.19. The first-order chi connectivity index (χ1) is 12.4. The molecule has 2 aromatic rings. The van der Waals surface area contributed by atoms with Crippen LogP contribution < -0.4 is 5.32 Å². The zero-order valence-electron chi connectivity index (χ0n) is 15.1. The fourth-order valence-corrected chi connectivity index (χ4v) is 4.44. The molecule has 138 valence electrons. The van der Waals surface area contributed by atoms with Gasteiger partial charge in [-0.15, -0.1) is 6.58 Å². The maximum atomic E-state index is 11.6. The van der Waals surface area contributed by atoms with Crippen molar-refractivity contribution >= 4 is 23.2 Å². The van der Waals surface area contributed by atoms with Crippen LogP contribution in [0.3, 0.4) is 0 Å².